The number of carbonyl (C=O) groups is 1. The summed E-state index contributed by atoms with van der Waals surface area (Å²) >= 11 is 0. The number of aliphatic hydroxyl groups excluding tert-OH is 1. The normalized spacial score (nSPS) is 33.7. The lowest BCUT2D eigenvalue weighted by Gasteiger charge is -2.31. The molecule has 1 aromatic heterocycles. The van der Waals surface area contributed by atoms with Crippen molar-refractivity contribution in [1.29, 1.82) is 0 Å². The van der Waals surface area contributed by atoms with Gasteiger partial charge < -0.3 is 20.6 Å². The number of anilines is 1. The third-order valence-electron chi connectivity index (χ3n) is 6.16. The van der Waals surface area contributed by atoms with E-state index in [2.05, 4.69) is 15.6 Å². The third kappa shape index (κ3) is 3.17. The minimum atomic E-state index is -0.333. The molecule has 2 amide bonds. The Morgan fingerprint density at radius 2 is 2.16 bits per heavy atom. The molecule has 2 heterocycles. The second-order valence-corrected chi connectivity index (χ2v) is 7.56. The van der Waals surface area contributed by atoms with Crippen LogP contribution in [0.2, 0.25) is 0 Å². The zero-order valence-corrected chi connectivity index (χ0v) is 14.2. The molecule has 5 atom stereocenters. The van der Waals surface area contributed by atoms with Crippen molar-refractivity contribution in [2.75, 3.05) is 24.6 Å². The van der Waals surface area contributed by atoms with E-state index in [1.54, 1.807) is 12.3 Å². The summed E-state index contributed by atoms with van der Waals surface area (Å²) in [5.74, 6) is 1.25. The molecule has 0 aromatic carbocycles. The van der Waals surface area contributed by atoms with Gasteiger partial charge in [-0.15, -0.1) is 0 Å². The lowest BCUT2D eigenvalue weighted by atomic mass is 9.85. The molecule has 3 N–H and O–H groups in total. The number of fused-ring (bicyclic) bond motifs is 2. The highest BCUT2D eigenvalue weighted by Crippen LogP contribution is 2.48. The Bertz CT molecular complexity index is 643. The van der Waals surface area contributed by atoms with Gasteiger partial charge in [0, 0.05) is 43.9 Å². The van der Waals surface area contributed by atoms with Crippen LogP contribution in [0.25, 0.3) is 0 Å². The van der Waals surface area contributed by atoms with Gasteiger partial charge in [-0.05, 0) is 49.7 Å². The lowest BCUT2D eigenvalue weighted by molar-refractivity contribution is 0.144. The molecule has 0 spiro atoms. The number of nitrogens with zero attached hydrogens (tertiary/aromatic N) is 2. The number of aliphatic hydroxyl groups is 1. The van der Waals surface area contributed by atoms with Crippen LogP contribution in [-0.4, -0.2) is 47.9 Å². The van der Waals surface area contributed by atoms with E-state index in [-0.39, 0.29) is 36.5 Å². The van der Waals surface area contributed by atoms with Gasteiger partial charge in [0.05, 0.1) is 0 Å². The van der Waals surface area contributed by atoms with Gasteiger partial charge in [-0.2, -0.15) is 0 Å². The van der Waals surface area contributed by atoms with Crippen molar-refractivity contribution in [3.8, 4) is 0 Å². The average molecular weight is 348 g/mol. The molecule has 1 aliphatic heterocycles. The van der Waals surface area contributed by atoms with Crippen LogP contribution < -0.4 is 15.5 Å². The van der Waals surface area contributed by atoms with Gasteiger partial charge in [0.25, 0.3) is 0 Å². The highest BCUT2D eigenvalue weighted by atomic mass is 19.1. The quantitative estimate of drug-likeness (QED) is 0.771. The molecule has 5 unspecified atom stereocenters. The molecule has 1 aromatic rings. The number of halogens is 1. The van der Waals surface area contributed by atoms with Gasteiger partial charge in [-0.3, -0.25) is 0 Å². The summed E-state index contributed by atoms with van der Waals surface area (Å²) in [6.07, 6.45) is 5.77. The molecule has 6 nitrogen and oxygen atoms in total. The van der Waals surface area contributed by atoms with Crippen LogP contribution >= 0.6 is 0 Å². The van der Waals surface area contributed by atoms with Crippen molar-refractivity contribution in [2.45, 2.75) is 37.8 Å². The van der Waals surface area contributed by atoms with E-state index >= 15 is 0 Å². The van der Waals surface area contributed by atoms with Crippen LogP contribution in [-0.2, 0) is 0 Å². The van der Waals surface area contributed by atoms with Gasteiger partial charge in [-0.1, -0.05) is 0 Å². The number of hydrogen-bond acceptors (Lipinski definition) is 4. The first kappa shape index (κ1) is 16.6. The number of pyridine rings is 1. The molecule has 2 aliphatic carbocycles. The average Bonchev–Trinajstić information content (AvgIpc) is 3.31. The van der Waals surface area contributed by atoms with E-state index in [9.17, 15) is 14.3 Å². The van der Waals surface area contributed by atoms with Crippen molar-refractivity contribution in [2.24, 2.45) is 17.8 Å². The highest BCUT2D eigenvalue weighted by molar-refractivity contribution is 5.75. The van der Waals surface area contributed by atoms with E-state index in [4.69, 9.17) is 0 Å². The first-order chi connectivity index (χ1) is 12.2. The molecule has 2 saturated carbocycles. The fraction of sp³-hybridized carbons (Fsp3) is 0.667. The second kappa shape index (κ2) is 6.78. The Kier molecular flexibility index (Phi) is 4.50. The zero-order chi connectivity index (χ0) is 17.4. The first-order valence-electron chi connectivity index (χ1n) is 9.19. The van der Waals surface area contributed by atoms with Gasteiger partial charge >= 0.3 is 6.03 Å². The largest absolute Gasteiger partial charge is 0.396 e. The lowest BCUT2D eigenvalue weighted by Crippen LogP contribution is -2.51. The highest BCUT2D eigenvalue weighted by Gasteiger charge is 2.47. The summed E-state index contributed by atoms with van der Waals surface area (Å²) in [7, 11) is 0. The molecule has 4 rings (SSSR count). The molecule has 136 valence electrons. The van der Waals surface area contributed by atoms with Gasteiger partial charge in [-0.25, -0.2) is 14.2 Å². The zero-order valence-electron chi connectivity index (χ0n) is 14.2. The number of carbonyl (C=O) groups excluding carboxylic acids is 1. The van der Waals surface area contributed by atoms with Crippen LogP contribution in [0.1, 0.15) is 25.7 Å². The van der Waals surface area contributed by atoms with Crippen molar-refractivity contribution in [3.05, 3.63) is 24.1 Å². The van der Waals surface area contributed by atoms with Crippen molar-refractivity contribution in [1.82, 2.24) is 15.6 Å². The predicted molar refractivity (Wildman–Crippen MR) is 91.7 cm³/mol. The van der Waals surface area contributed by atoms with Crippen LogP contribution in [0.3, 0.4) is 0 Å². The van der Waals surface area contributed by atoms with E-state index in [1.165, 1.54) is 12.5 Å². The number of nitrogens with one attached hydrogen (secondary N) is 2. The van der Waals surface area contributed by atoms with Crippen molar-refractivity contribution in [3.63, 3.8) is 0 Å². The maximum atomic E-state index is 13.8. The van der Waals surface area contributed by atoms with Crippen LogP contribution in [0.5, 0.6) is 0 Å². The Morgan fingerprint density at radius 3 is 2.96 bits per heavy atom. The number of hydrogen-bond donors (Lipinski definition) is 3. The molecule has 7 heteroatoms. The van der Waals surface area contributed by atoms with E-state index in [1.807, 2.05) is 4.90 Å². The Hall–Kier alpha value is -1.89. The fourth-order valence-electron chi connectivity index (χ4n) is 4.96. The number of urea groups is 1. The maximum Gasteiger partial charge on any atom is 0.315 e. The SMILES string of the molecule is O=C(NC1CCN(c2ncccc2F)C1)NC1C2CCC(C2)C1CO. The maximum absolute atomic E-state index is 13.8. The number of rotatable bonds is 4. The van der Waals surface area contributed by atoms with E-state index < -0.39 is 0 Å². The van der Waals surface area contributed by atoms with Crippen LogP contribution in [0, 0.1) is 23.6 Å². The Morgan fingerprint density at radius 1 is 1.32 bits per heavy atom. The molecular formula is C18H25FN4O2. The Balaban J connectivity index is 1.31. The number of amides is 2. The molecule has 2 bridgehead atoms. The molecule has 3 fully saturated rings. The molecule has 3 aliphatic rings. The minimum absolute atomic E-state index is 0.0208. The van der Waals surface area contributed by atoms with Crippen LogP contribution in [0.4, 0.5) is 15.0 Å². The summed E-state index contributed by atoms with van der Waals surface area (Å²) in [5.41, 5.74) is 0. The summed E-state index contributed by atoms with van der Waals surface area (Å²) in [4.78, 5) is 18.4. The second-order valence-electron chi connectivity index (χ2n) is 7.56. The topological polar surface area (TPSA) is 77.5 Å². The van der Waals surface area contributed by atoms with Crippen LogP contribution in [0.15, 0.2) is 18.3 Å². The summed E-state index contributed by atoms with van der Waals surface area (Å²) in [6.45, 7) is 1.37. The summed E-state index contributed by atoms with van der Waals surface area (Å²) < 4.78 is 13.8. The summed E-state index contributed by atoms with van der Waals surface area (Å²) in [5, 5.41) is 15.7. The van der Waals surface area contributed by atoms with Crippen molar-refractivity contribution < 1.29 is 14.3 Å². The third-order valence-corrected chi connectivity index (χ3v) is 6.16. The smallest absolute Gasteiger partial charge is 0.315 e. The standard InChI is InChI=1S/C18H25FN4O2/c19-15-2-1-6-20-17(15)23-7-5-13(9-23)21-18(25)22-16-12-4-3-11(8-12)14(16)10-24/h1-2,6,11-14,16,24H,3-5,7-10H2,(H2,21,22,25). The molecular weight excluding hydrogens is 323 g/mol. The van der Waals surface area contributed by atoms with Gasteiger partial charge in [0.2, 0.25) is 0 Å². The minimum Gasteiger partial charge on any atom is -0.396 e. The van der Waals surface area contributed by atoms with E-state index in [0.717, 1.165) is 19.3 Å². The van der Waals surface area contributed by atoms with Gasteiger partial charge in [0.15, 0.2) is 11.6 Å². The summed E-state index contributed by atoms with van der Waals surface area (Å²) in [6, 6.07) is 2.86. The molecule has 25 heavy (non-hydrogen) atoms. The Labute approximate surface area is 146 Å². The fourth-order valence-corrected chi connectivity index (χ4v) is 4.96. The molecule has 0 radical (unpaired) electrons. The first-order valence-corrected chi connectivity index (χ1v) is 9.19. The number of aromatic nitrogens is 1. The van der Waals surface area contributed by atoms with E-state index in [0.29, 0.717) is 30.7 Å². The monoisotopic (exact) mass is 348 g/mol. The molecule has 1 saturated heterocycles. The predicted octanol–water partition coefficient (Wildman–Crippen LogP) is 1.51. The van der Waals surface area contributed by atoms with Gasteiger partial charge in [0.1, 0.15) is 0 Å². The van der Waals surface area contributed by atoms with Crippen molar-refractivity contribution >= 4 is 11.8 Å².